The Bertz CT molecular complexity index is 693. The molecule has 0 spiro atoms. The molecule has 6 heteroatoms. The maximum atomic E-state index is 11.6. The molecular formula is C17H15Cl3O3. The van der Waals surface area contributed by atoms with Gasteiger partial charge in [-0.15, -0.1) is 0 Å². The van der Waals surface area contributed by atoms with Crippen LogP contribution in [-0.2, 0) is 11.2 Å². The smallest absolute Gasteiger partial charge is 0.340 e. The molecule has 0 aliphatic carbocycles. The molecule has 0 saturated carbocycles. The standard InChI is InChI=1S/C17H15Cl3O3/c1-23-17(22)16-13(19)8-11(9-14(16)20)15(21)6-5-10-3-2-4-12(18)7-10/h2-4,7-9,15,21H,5-6H2,1H3. The van der Waals surface area contributed by atoms with Crippen LogP contribution < -0.4 is 0 Å². The van der Waals surface area contributed by atoms with Crippen molar-refractivity contribution >= 4 is 40.8 Å². The zero-order valence-corrected chi connectivity index (χ0v) is 14.6. The van der Waals surface area contributed by atoms with E-state index < -0.39 is 12.1 Å². The zero-order chi connectivity index (χ0) is 17.0. The second kappa shape index (κ2) is 8.02. The molecule has 0 amide bonds. The number of esters is 1. The highest BCUT2D eigenvalue weighted by atomic mass is 35.5. The van der Waals surface area contributed by atoms with Crippen molar-refractivity contribution in [1.29, 1.82) is 0 Å². The van der Waals surface area contributed by atoms with Gasteiger partial charge in [-0.05, 0) is 48.2 Å². The molecule has 1 unspecified atom stereocenters. The van der Waals surface area contributed by atoms with E-state index in [1.165, 1.54) is 19.2 Å². The van der Waals surface area contributed by atoms with Crippen LogP contribution in [0.1, 0.15) is 34.0 Å². The summed E-state index contributed by atoms with van der Waals surface area (Å²) in [7, 11) is 1.25. The minimum absolute atomic E-state index is 0.0987. The summed E-state index contributed by atoms with van der Waals surface area (Å²) in [4.78, 5) is 11.6. The highest BCUT2D eigenvalue weighted by Crippen LogP contribution is 2.31. The number of halogens is 3. The molecule has 2 aromatic carbocycles. The second-order valence-electron chi connectivity index (χ2n) is 5.04. The molecule has 122 valence electrons. The number of carbonyl (C=O) groups is 1. The first kappa shape index (κ1) is 18.1. The van der Waals surface area contributed by atoms with Crippen molar-refractivity contribution in [2.24, 2.45) is 0 Å². The molecule has 0 aliphatic rings. The van der Waals surface area contributed by atoms with Crippen molar-refractivity contribution in [3.8, 4) is 0 Å². The van der Waals surface area contributed by atoms with E-state index in [2.05, 4.69) is 4.74 Å². The van der Waals surface area contributed by atoms with E-state index in [0.717, 1.165) is 5.56 Å². The topological polar surface area (TPSA) is 46.5 Å². The molecule has 0 saturated heterocycles. The van der Waals surface area contributed by atoms with Gasteiger partial charge in [0.1, 0.15) is 0 Å². The van der Waals surface area contributed by atoms with Gasteiger partial charge in [0.15, 0.2) is 0 Å². The minimum Gasteiger partial charge on any atom is -0.465 e. The summed E-state index contributed by atoms with van der Waals surface area (Å²) in [6.07, 6.45) is 0.371. The Morgan fingerprint density at radius 1 is 1.17 bits per heavy atom. The lowest BCUT2D eigenvalue weighted by molar-refractivity contribution is 0.0601. The summed E-state index contributed by atoms with van der Waals surface area (Å²) in [6, 6.07) is 10.5. The quantitative estimate of drug-likeness (QED) is 0.742. The summed E-state index contributed by atoms with van der Waals surface area (Å²) in [6.45, 7) is 0. The van der Waals surface area contributed by atoms with E-state index in [1.54, 1.807) is 6.07 Å². The van der Waals surface area contributed by atoms with Crippen LogP contribution in [0.15, 0.2) is 36.4 Å². The Kier molecular flexibility index (Phi) is 6.31. The third-order valence-corrected chi connectivity index (χ3v) is 4.27. The van der Waals surface area contributed by atoms with Crippen LogP contribution in [0.3, 0.4) is 0 Å². The fourth-order valence-electron chi connectivity index (χ4n) is 2.24. The van der Waals surface area contributed by atoms with Crippen LogP contribution in [0, 0.1) is 0 Å². The normalized spacial score (nSPS) is 12.0. The SMILES string of the molecule is COC(=O)c1c(Cl)cc(C(O)CCc2cccc(Cl)c2)cc1Cl. The molecule has 1 N–H and O–H groups in total. The molecule has 23 heavy (non-hydrogen) atoms. The Labute approximate surface area is 149 Å². The number of ether oxygens (including phenoxy) is 1. The van der Waals surface area contributed by atoms with Crippen LogP contribution in [0.5, 0.6) is 0 Å². The maximum Gasteiger partial charge on any atom is 0.340 e. The van der Waals surface area contributed by atoms with Crippen molar-refractivity contribution in [1.82, 2.24) is 0 Å². The highest BCUT2D eigenvalue weighted by molar-refractivity contribution is 6.39. The predicted octanol–water partition coefficient (Wildman–Crippen LogP) is 5.10. The molecule has 0 radical (unpaired) electrons. The summed E-state index contributed by atoms with van der Waals surface area (Å²) in [5, 5.41) is 11.3. The first-order chi connectivity index (χ1) is 10.9. The average Bonchev–Trinajstić information content (AvgIpc) is 2.51. The summed E-state index contributed by atoms with van der Waals surface area (Å²) < 4.78 is 4.63. The fraction of sp³-hybridized carbons (Fsp3) is 0.235. The van der Waals surface area contributed by atoms with Crippen LogP contribution in [0.4, 0.5) is 0 Å². The van der Waals surface area contributed by atoms with Gasteiger partial charge in [0.25, 0.3) is 0 Å². The molecule has 0 bridgehead atoms. The van der Waals surface area contributed by atoms with Gasteiger partial charge in [0.2, 0.25) is 0 Å². The van der Waals surface area contributed by atoms with Crippen LogP contribution >= 0.6 is 34.8 Å². The van der Waals surface area contributed by atoms with Crippen molar-refractivity contribution in [3.63, 3.8) is 0 Å². The fourth-order valence-corrected chi connectivity index (χ4v) is 3.12. The molecule has 3 nitrogen and oxygen atoms in total. The van der Waals surface area contributed by atoms with Gasteiger partial charge in [-0.3, -0.25) is 0 Å². The number of methoxy groups -OCH3 is 1. The van der Waals surface area contributed by atoms with Gasteiger partial charge in [0.05, 0.1) is 28.8 Å². The predicted molar refractivity (Wildman–Crippen MR) is 92.5 cm³/mol. The first-order valence-corrected chi connectivity index (χ1v) is 8.05. The molecule has 2 aromatic rings. The molecule has 1 atom stereocenters. The van der Waals surface area contributed by atoms with Crippen molar-refractivity contribution < 1.29 is 14.6 Å². The molecule has 0 heterocycles. The summed E-state index contributed by atoms with van der Waals surface area (Å²) in [5.41, 5.74) is 1.68. The van der Waals surface area contributed by atoms with E-state index in [1.807, 2.05) is 18.2 Å². The van der Waals surface area contributed by atoms with E-state index >= 15 is 0 Å². The summed E-state index contributed by atoms with van der Waals surface area (Å²) >= 11 is 18.1. The number of aryl methyl sites for hydroxylation is 1. The van der Waals surface area contributed by atoms with Crippen molar-refractivity contribution in [2.45, 2.75) is 18.9 Å². The number of aliphatic hydroxyl groups excluding tert-OH is 1. The second-order valence-corrected chi connectivity index (χ2v) is 6.29. The Morgan fingerprint density at radius 2 is 1.83 bits per heavy atom. The maximum absolute atomic E-state index is 11.6. The highest BCUT2D eigenvalue weighted by Gasteiger charge is 2.19. The van der Waals surface area contributed by atoms with Crippen LogP contribution in [-0.4, -0.2) is 18.2 Å². The number of aliphatic hydroxyl groups is 1. The molecule has 0 aromatic heterocycles. The third kappa shape index (κ3) is 4.61. The number of benzene rings is 2. The van der Waals surface area contributed by atoms with Crippen LogP contribution in [0.2, 0.25) is 15.1 Å². The van der Waals surface area contributed by atoms with Gasteiger partial charge in [0, 0.05) is 5.02 Å². The van der Waals surface area contributed by atoms with Gasteiger partial charge >= 0.3 is 5.97 Å². The van der Waals surface area contributed by atoms with Crippen molar-refractivity contribution in [3.05, 3.63) is 68.2 Å². The third-order valence-electron chi connectivity index (χ3n) is 3.43. The van der Waals surface area contributed by atoms with Gasteiger partial charge in [-0.2, -0.15) is 0 Å². The van der Waals surface area contributed by atoms with Gasteiger partial charge in [-0.1, -0.05) is 46.9 Å². The lowest BCUT2D eigenvalue weighted by Crippen LogP contribution is -2.06. The number of hydrogen-bond acceptors (Lipinski definition) is 3. The summed E-state index contributed by atoms with van der Waals surface area (Å²) in [5.74, 6) is -0.611. The molecule has 2 rings (SSSR count). The number of hydrogen-bond donors (Lipinski definition) is 1. The molecular weight excluding hydrogens is 359 g/mol. The van der Waals surface area contributed by atoms with Crippen molar-refractivity contribution in [2.75, 3.05) is 7.11 Å². The van der Waals surface area contributed by atoms with Crippen LogP contribution in [0.25, 0.3) is 0 Å². The monoisotopic (exact) mass is 372 g/mol. The van der Waals surface area contributed by atoms with Gasteiger partial charge < -0.3 is 9.84 Å². The minimum atomic E-state index is -0.754. The van der Waals surface area contributed by atoms with E-state index in [9.17, 15) is 9.90 Å². The first-order valence-electron chi connectivity index (χ1n) is 6.92. The average molecular weight is 374 g/mol. The Balaban J connectivity index is 2.13. The van der Waals surface area contributed by atoms with E-state index in [-0.39, 0.29) is 15.6 Å². The molecule has 0 fully saturated rings. The van der Waals surface area contributed by atoms with E-state index in [4.69, 9.17) is 34.8 Å². The Hall–Kier alpha value is -1.26. The lowest BCUT2D eigenvalue weighted by Gasteiger charge is -2.14. The van der Waals surface area contributed by atoms with E-state index in [0.29, 0.717) is 23.4 Å². The lowest BCUT2D eigenvalue weighted by atomic mass is 10.00. The number of carbonyl (C=O) groups excluding carboxylic acids is 1. The van der Waals surface area contributed by atoms with Gasteiger partial charge in [-0.25, -0.2) is 4.79 Å². The molecule has 0 aliphatic heterocycles. The number of rotatable bonds is 5. The largest absolute Gasteiger partial charge is 0.465 e. The zero-order valence-electron chi connectivity index (χ0n) is 12.4. The Morgan fingerprint density at radius 3 is 2.39 bits per heavy atom.